The van der Waals surface area contributed by atoms with Gasteiger partial charge in [0.15, 0.2) is 0 Å². The van der Waals surface area contributed by atoms with Crippen molar-refractivity contribution in [3.63, 3.8) is 0 Å². The molecule has 154 valence electrons. The number of anilines is 1. The van der Waals surface area contributed by atoms with Crippen molar-refractivity contribution in [2.24, 2.45) is 0 Å². The van der Waals surface area contributed by atoms with Gasteiger partial charge in [-0.05, 0) is 39.9 Å². The number of nitrogens with zero attached hydrogens (tertiary/aromatic N) is 1. The highest BCUT2D eigenvalue weighted by atomic mass is 16.4. The zero-order valence-electron chi connectivity index (χ0n) is 17.3. The zero-order chi connectivity index (χ0) is 21.5. The van der Waals surface area contributed by atoms with Crippen molar-refractivity contribution >= 4 is 11.7 Å². The van der Waals surface area contributed by atoms with Crippen molar-refractivity contribution in [2.75, 3.05) is 4.90 Å². The monoisotopic (exact) mass is 407 g/mol. The highest BCUT2D eigenvalue weighted by molar-refractivity contribution is 5.72. The number of rotatable bonds is 8. The highest BCUT2D eigenvalue weighted by Gasteiger charge is 2.10. The number of carboxylic acid groups (broad SMARTS) is 1. The van der Waals surface area contributed by atoms with E-state index in [-0.39, 0.29) is 6.42 Å². The Morgan fingerprint density at radius 2 is 1.16 bits per heavy atom. The molecule has 0 fully saturated rings. The normalized spacial score (nSPS) is 10.6. The fourth-order valence-corrected chi connectivity index (χ4v) is 3.75. The summed E-state index contributed by atoms with van der Waals surface area (Å²) in [5.74, 6) is -0.815. The van der Waals surface area contributed by atoms with Gasteiger partial charge in [-0.2, -0.15) is 0 Å². The maximum atomic E-state index is 11.0. The zero-order valence-corrected chi connectivity index (χ0v) is 17.3. The van der Waals surface area contributed by atoms with E-state index >= 15 is 0 Å². The first-order valence-corrected chi connectivity index (χ1v) is 10.4. The van der Waals surface area contributed by atoms with E-state index in [9.17, 15) is 4.79 Å². The van der Waals surface area contributed by atoms with Crippen molar-refractivity contribution in [3.05, 3.63) is 126 Å². The van der Waals surface area contributed by atoms with E-state index in [2.05, 4.69) is 77.7 Å². The van der Waals surface area contributed by atoms with Crippen LogP contribution in [-0.2, 0) is 24.3 Å². The summed E-state index contributed by atoms with van der Waals surface area (Å²) in [5, 5.41) is 9.06. The molecule has 0 amide bonds. The van der Waals surface area contributed by atoms with Gasteiger partial charge >= 0.3 is 5.97 Å². The Balaban J connectivity index is 1.59. The molecule has 0 aromatic heterocycles. The van der Waals surface area contributed by atoms with Crippen LogP contribution in [0, 0.1) is 0 Å². The van der Waals surface area contributed by atoms with Crippen molar-refractivity contribution in [1.82, 2.24) is 0 Å². The van der Waals surface area contributed by atoms with Crippen LogP contribution in [0.3, 0.4) is 0 Å². The summed E-state index contributed by atoms with van der Waals surface area (Å²) in [6.45, 7) is 1.65. The van der Waals surface area contributed by atoms with Crippen LogP contribution in [0.2, 0.25) is 0 Å². The molecule has 0 saturated carbocycles. The maximum Gasteiger partial charge on any atom is 0.307 e. The van der Waals surface area contributed by atoms with Gasteiger partial charge in [0.25, 0.3) is 0 Å². The summed E-state index contributed by atoms with van der Waals surface area (Å²) in [4.78, 5) is 13.4. The standard InChI is InChI=1S/C28H25NO2/c30-28(31)19-24-12-7-13-26(18-24)25-14-16-27(17-15-25)29(20-22-8-3-1-4-9-22)21-23-10-5-2-6-11-23/h1-18H,19-21H2,(H,30,31). The van der Waals surface area contributed by atoms with E-state index in [0.717, 1.165) is 35.5 Å². The topological polar surface area (TPSA) is 40.5 Å². The molecule has 3 nitrogen and oxygen atoms in total. The molecule has 1 N–H and O–H groups in total. The number of benzene rings is 4. The molecule has 0 aliphatic rings. The lowest BCUT2D eigenvalue weighted by molar-refractivity contribution is -0.136. The van der Waals surface area contributed by atoms with Gasteiger partial charge in [-0.1, -0.05) is 97.1 Å². The van der Waals surface area contributed by atoms with Gasteiger partial charge in [0.05, 0.1) is 6.42 Å². The van der Waals surface area contributed by atoms with Crippen LogP contribution >= 0.6 is 0 Å². The Hall–Kier alpha value is -3.85. The molecule has 4 aromatic carbocycles. The number of carboxylic acids is 1. The van der Waals surface area contributed by atoms with Crippen LogP contribution in [0.15, 0.2) is 109 Å². The molecule has 3 heteroatoms. The first-order chi connectivity index (χ1) is 15.2. The Labute approximate surface area is 183 Å². The lowest BCUT2D eigenvalue weighted by atomic mass is 10.0. The minimum Gasteiger partial charge on any atom is -0.481 e. The van der Waals surface area contributed by atoms with Crippen molar-refractivity contribution in [2.45, 2.75) is 19.5 Å². The molecule has 0 aliphatic carbocycles. The van der Waals surface area contributed by atoms with E-state index in [1.54, 1.807) is 0 Å². The van der Waals surface area contributed by atoms with Crippen LogP contribution in [0.4, 0.5) is 5.69 Å². The number of aliphatic carboxylic acids is 1. The van der Waals surface area contributed by atoms with Crippen LogP contribution in [-0.4, -0.2) is 11.1 Å². The van der Waals surface area contributed by atoms with Gasteiger partial charge in [-0.15, -0.1) is 0 Å². The van der Waals surface area contributed by atoms with E-state index in [1.165, 1.54) is 11.1 Å². The molecule has 0 unspecified atom stereocenters. The van der Waals surface area contributed by atoms with Gasteiger partial charge < -0.3 is 10.0 Å². The minimum absolute atomic E-state index is 0.0356. The molecule has 31 heavy (non-hydrogen) atoms. The molecule has 0 bridgehead atoms. The summed E-state index contributed by atoms with van der Waals surface area (Å²) < 4.78 is 0. The second-order valence-electron chi connectivity index (χ2n) is 7.65. The summed E-state index contributed by atoms with van der Waals surface area (Å²) in [5.41, 5.74) is 6.60. The highest BCUT2D eigenvalue weighted by Crippen LogP contribution is 2.26. The molecule has 0 atom stereocenters. The molecule has 0 aliphatic heterocycles. The summed E-state index contributed by atoms with van der Waals surface area (Å²) in [6, 6.07) is 37.2. The molecular weight excluding hydrogens is 382 g/mol. The van der Waals surface area contributed by atoms with E-state index in [1.807, 2.05) is 36.4 Å². The first kappa shape index (κ1) is 20.4. The van der Waals surface area contributed by atoms with Gasteiger partial charge in [-0.3, -0.25) is 4.79 Å². The van der Waals surface area contributed by atoms with Crippen LogP contribution in [0.1, 0.15) is 16.7 Å². The van der Waals surface area contributed by atoms with Gasteiger partial charge in [0, 0.05) is 18.8 Å². The van der Waals surface area contributed by atoms with Crippen molar-refractivity contribution in [1.29, 1.82) is 0 Å². The molecule has 4 rings (SSSR count). The molecule has 4 aromatic rings. The van der Waals surface area contributed by atoms with Crippen LogP contribution in [0.5, 0.6) is 0 Å². The van der Waals surface area contributed by atoms with Gasteiger partial charge in [-0.25, -0.2) is 0 Å². The largest absolute Gasteiger partial charge is 0.481 e. The van der Waals surface area contributed by atoms with E-state index in [0.29, 0.717) is 0 Å². The summed E-state index contributed by atoms with van der Waals surface area (Å²) >= 11 is 0. The lowest BCUT2D eigenvalue weighted by Gasteiger charge is -2.25. The molecule has 0 spiro atoms. The lowest BCUT2D eigenvalue weighted by Crippen LogP contribution is -2.22. The molecule has 0 heterocycles. The van der Waals surface area contributed by atoms with E-state index in [4.69, 9.17) is 5.11 Å². The predicted molar refractivity (Wildman–Crippen MR) is 126 cm³/mol. The van der Waals surface area contributed by atoms with Crippen LogP contribution in [0.25, 0.3) is 11.1 Å². The second kappa shape index (κ2) is 9.77. The second-order valence-corrected chi connectivity index (χ2v) is 7.65. The number of carbonyl (C=O) groups is 1. The minimum atomic E-state index is -0.815. The van der Waals surface area contributed by atoms with Gasteiger partial charge in [0.1, 0.15) is 0 Å². The predicted octanol–water partition coefficient (Wildman–Crippen LogP) is 6.19. The van der Waals surface area contributed by atoms with Gasteiger partial charge in [0.2, 0.25) is 0 Å². The average molecular weight is 408 g/mol. The maximum absolute atomic E-state index is 11.0. The summed E-state index contributed by atoms with van der Waals surface area (Å²) in [7, 11) is 0. The number of hydrogen-bond acceptors (Lipinski definition) is 2. The van der Waals surface area contributed by atoms with Crippen molar-refractivity contribution in [3.8, 4) is 11.1 Å². The average Bonchev–Trinajstić information content (AvgIpc) is 2.80. The third kappa shape index (κ3) is 5.61. The fraction of sp³-hybridized carbons (Fsp3) is 0.107. The van der Waals surface area contributed by atoms with Crippen molar-refractivity contribution < 1.29 is 9.90 Å². The first-order valence-electron chi connectivity index (χ1n) is 10.4. The molecule has 0 radical (unpaired) electrons. The number of hydrogen-bond donors (Lipinski definition) is 1. The fourth-order valence-electron chi connectivity index (χ4n) is 3.75. The van der Waals surface area contributed by atoms with E-state index < -0.39 is 5.97 Å². The Kier molecular flexibility index (Phi) is 6.44. The quantitative estimate of drug-likeness (QED) is 0.379. The Morgan fingerprint density at radius 3 is 1.71 bits per heavy atom. The van der Waals surface area contributed by atoms with Crippen LogP contribution < -0.4 is 4.90 Å². The third-order valence-electron chi connectivity index (χ3n) is 5.28. The SMILES string of the molecule is O=C(O)Cc1cccc(-c2ccc(N(Cc3ccccc3)Cc3ccccc3)cc2)c1. The molecular formula is C28H25NO2. The third-order valence-corrected chi connectivity index (χ3v) is 5.28. The smallest absolute Gasteiger partial charge is 0.307 e. The Morgan fingerprint density at radius 1 is 0.613 bits per heavy atom. The molecule has 0 saturated heterocycles. The Bertz CT molecular complexity index is 1080. The summed E-state index contributed by atoms with van der Waals surface area (Å²) in [6.07, 6.45) is 0.0356.